The molecule has 2 nitrogen and oxygen atoms in total. The van der Waals surface area contributed by atoms with Crippen molar-refractivity contribution in [3.63, 3.8) is 0 Å². The summed E-state index contributed by atoms with van der Waals surface area (Å²) < 4.78 is 0. The minimum Gasteiger partial charge on any atom is -0.268 e. The molecule has 0 rings (SSSR count). The first-order valence-electron chi connectivity index (χ1n) is 6.82. The van der Waals surface area contributed by atoms with Crippen molar-refractivity contribution in [2.24, 2.45) is 5.10 Å². The summed E-state index contributed by atoms with van der Waals surface area (Å²) in [5.74, 6) is 0. The van der Waals surface area contributed by atoms with Gasteiger partial charge >= 0.3 is 0 Å². The molecule has 0 N–H and O–H groups in total. The van der Waals surface area contributed by atoms with Crippen molar-refractivity contribution in [3.05, 3.63) is 37.6 Å². The van der Waals surface area contributed by atoms with Gasteiger partial charge < -0.3 is 0 Å². The molecule has 0 aromatic heterocycles. The van der Waals surface area contributed by atoms with Gasteiger partial charge in [0.2, 0.25) is 0 Å². The molecule has 0 saturated heterocycles. The predicted octanol–water partition coefficient (Wildman–Crippen LogP) is 4.91. The van der Waals surface area contributed by atoms with E-state index in [4.69, 9.17) is 0 Å². The van der Waals surface area contributed by atoms with Crippen LogP contribution in [0.3, 0.4) is 0 Å². The average molecular weight is 248 g/mol. The van der Waals surface area contributed by atoms with E-state index in [-0.39, 0.29) is 5.54 Å². The summed E-state index contributed by atoms with van der Waals surface area (Å²) in [6.07, 6.45) is 15.3. The van der Waals surface area contributed by atoms with Crippen LogP contribution in [-0.2, 0) is 0 Å². The lowest BCUT2D eigenvalue weighted by Crippen LogP contribution is -2.36. The molecule has 102 valence electrons. The largest absolute Gasteiger partial charge is 0.268 e. The normalized spacial score (nSPS) is 12.2. The van der Waals surface area contributed by atoms with Gasteiger partial charge in [0.25, 0.3) is 0 Å². The van der Waals surface area contributed by atoms with Crippen molar-refractivity contribution >= 4 is 6.21 Å². The highest BCUT2D eigenvalue weighted by Crippen LogP contribution is 2.22. The van der Waals surface area contributed by atoms with E-state index in [1.165, 1.54) is 25.7 Å². The standard InChI is InChI=1S/C16H28N2/c1-6-9-11-12-14-16(4,5)18(8-3)17-15-13-10-7-2/h7-8,10,13,15H,2-3,6,9,11-12,14H2,1,4-5H3/b13-10-,17-15-. The van der Waals surface area contributed by atoms with Gasteiger partial charge in [0, 0.05) is 12.4 Å². The Morgan fingerprint density at radius 1 is 1.11 bits per heavy atom. The quantitative estimate of drug-likeness (QED) is 0.232. The zero-order valence-corrected chi connectivity index (χ0v) is 12.2. The van der Waals surface area contributed by atoms with E-state index < -0.39 is 0 Å². The van der Waals surface area contributed by atoms with Crippen LogP contribution in [0.4, 0.5) is 0 Å². The maximum Gasteiger partial charge on any atom is 0.0571 e. The molecule has 0 radical (unpaired) electrons. The van der Waals surface area contributed by atoms with Crippen molar-refractivity contribution in [3.8, 4) is 0 Å². The summed E-state index contributed by atoms with van der Waals surface area (Å²) in [5.41, 5.74) is 0.0218. The topological polar surface area (TPSA) is 15.6 Å². The van der Waals surface area contributed by atoms with Crippen LogP contribution >= 0.6 is 0 Å². The van der Waals surface area contributed by atoms with Crippen LogP contribution in [0.25, 0.3) is 0 Å². The second kappa shape index (κ2) is 9.69. The van der Waals surface area contributed by atoms with Crippen LogP contribution in [0.15, 0.2) is 42.7 Å². The highest BCUT2D eigenvalue weighted by molar-refractivity contribution is 5.71. The molecular weight excluding hydrogens is 220 g/mol. The molecule has 18 heavy (non-hydrogen) atoms. The summed E-state index contributed by atoms with van der Waals surface area (Å²) in [4.78, 5) is 0. The molecule has 2 heteroatoms. The molecule has 0 heterocycles. The van der Waals surface area contributed by atoms with Gasteiger partial charge in [0.05, 0.1) is 5.54 Å². The summed E-state index contributed by atoms with van der Waals surface area (Å²) in [6.45, 7) is 14.1. The molecule has 0 spiro atoms. The van der Waals surface area contributed by atoms with Crippen molar-refractivity contribution < 1.29 is 0 Å². The minimum atomic E-state index is 0.0218. The molecule has 0 aliphatic rings. The fraction of sp³-hybridized carbons (Fsp3) is 0.562. The van der Waals surface area contributed by atoms with Gasteiger partial charge in [-0.2, -0.15) is 5.10 Å². The van der Waals surface area contributed by atoms with E-state index in [1.807, 2.05) is 17.2 Å². The fourth-order valence-electron chi connectivity index (χ4n) is 1.79. The number of rotatable bonds is 10. The molecule has 0 aliphatic heterocycles. The van der Waals surface area contributed by atoms with Crippen molar-refractivity contribution in [1.29, 1.82) is 0 Å². The predicted molar refractivity (Wildman–Crippen MR) is 82.7 cm³/mol. The van der Waals surface area contributed by atoms with Crippen LogP contribution in [0.1, 0.15) is 52.9 Å². The summed E-state index contributed by atoms with van der Waals surface area (Å²) in [5, 5.41) is 6.34. The molecule has 0 atom stereocenters. The smallest absolute Gasteiger partial charge is 0.0571 e. The Morgan fingerprint density at radius 2 is 1.83 bits per heavy atom. The Kier molecular flexibility index (Phi) is 8.99. The number of nitrogens with zero attached hydrogens (tertiary/aromatic N) is 2. The van der Waals surface area contributed by atoms with Gasteiger partial charge in [-0.3, -0.25) is 5.01 Å². The minimum absolute atomic E-state index is 0.0218. The van der Waals surface area contributed by atoms with Gasteiger partial charge in [-0.25, -0.2) is 0 Å². The molecule has 0 fully saturated rings. The van der Waals surface area contributed by atoms with E-state index in [2.05, 4.69) is 39.0 Å². The molecule has 0 aromatic carbocycles. The number of allylic oxidation sites excluding steroid dienone is 3. The third-order valence-electron chi connectivity index (χ3n) is 2.96. The number of hydrogen-bond donors (Lipinski definition) is 0. The van der Waals surface area contributed by atoms with E-state index in [1.54, 1.807) is 18.5 Å². The van der Waals surface area contributed by atoms with Crippen LogP contribution in [-0.4, -0.2) is 16.8 Å². The van der Waals surface area contributed by atoms with Crippen molar-refractivity contribution in [2.45, 2.75) is 58.4 Å². The maximum atomic E-state index is 4.41. The molecular formula is C16H28N2. The second-order valence-electron chi connectivity index (χ2n) is 5.04. The highest BCUT2D eigenvalue weighted by Gasteiger charge is 2.22. The van der Waals surface area contributed by atoms with Gasteiger partial charge in [-0.1, -0.05) is 57.9 Å². The lowest BCUT2D eigenvalue weighted by Gasteiger charge is -2.33. The number of hydrogen-bond acceptors (Lipinski definition) is 2. The Balaban J connectivity index is 4.32. The zero-order valence-electron chi connectivity index (χ0n) is 12.2. The number of unbranched alkanes of at least 4 members (excludes halogenated alkanes) is 3. The van der Waals surface area contributed by atoms with Crippen LogP contribution < -0.4 is 0 Å². The summed E-state index contributed by atoms with van der Waals surface area (Å²) in [6, 6.07) is 0. The first-order valence-corrected chi connectivity index (χ1v) is 6.82. The SMILES string of the molecule is C=C/C=C\C=N/N(C=C)C(C)(C)CCCCCC. The molecule has 0 aliphatic carbocycles. The van der Waals surface area contributed by atoms with Gasteiger partial charge in [-0.05, 0) is 26.3 Å². The molecule has 0 amide bonds. The van der Waals surface area contributed by atoms with Crippen LogP contribution in [0, 0.1) is 0 Å². The van der Waals surface area contributed by atoms with E-state index in [9.17, 15) is 0 Å². The average Bonchev–Trinajstić information content (AvgIpc) is 2.34. The Labute approximate surface area is 113 Å². The third kappa shape index (κ3) is 7.10. The first kappa shape index (κ1) is 16.7. The first-order chi connectivity index (χ1) is 8.58. The molecule has 0 unspecified atom stereocenters. The highest BCUT2D eigenvalue weighted by atomic mass is 15.5. The maximum absolute atomic E-state index is 4.41. The van der Waals surface area contributed by atoms with E-state index >= 15 is 0 Å². The van der Waals surface area contributed by atoms with Crippen LogP contribution in [0.5, 0.6) is 0 Å². The lowest BCUT2D eigenvalue weighted by atomic mass is 9.96. The van der Waals surface area contributed by atoms with E-state index in [0.717, 1.165) is 6.42 Å². The van der Waals surface area contributed by atoms with Crippen LogP contribution in [0.2, 0.25) is 0 Å². The Hall–Kier alpha value is -1.31. The monoisotopic (exact) mass is 248 g/mol. The molecule has 0 saturated carbocycles. The Bertz CT molecular complexity index is 287. The zero-order chi connectivity index (χ0) is 13.9. The van der Waals surface area contributed by atoms with Gasteiger partial charge in [0.15, 0.2) is 0 Å². The number of hydrazone groups is 1. The van der Waals surface area contributed by atoms with Crippen molar-refractivity contribution in [2.75, 3.05) is 0 Å². The molecule has 0 aromatic rings. The second-order valence-corrected chi connectivity index (χ2v) is 5.04. The molecule has 0 bridgehead atoms. The fourth-order valence-corrected chi connectivity index (χ4v) is 1.79. The van der Waals surface area contributed by atoms with Crippen molar-refractivity contribution in [1.82, 2.24) is 5.01 Å². The van der Waals surface area contributed by atoms with E-state index in [0.29, 0.717) is 0 Å². The third-order valence-corrected chi connectivity index (χ3v) is 2.96. The summed E-state index contributed by atoms with van der Waals surface area (Å²) >= 11 is 0. The lowest BCUT2D eigenvalue weighted by molar-refractivity contribution is 0.176. The Morgan fingerprint density at radius 3 is 2.39 bits per heavy atom. The van der Waals surface area contributed by atoms with Gasteiger partial charge in [-0.15, -0.1) is 0 Å². The van der Waals surface area contributed by atoms with Gasteiger partial charge in [0.1, 0.15) is 0 Å². The summed E-state index contributed by atoms with van der Waals surface area (Å²) in [7, 11) is 0.